The molecule has 1 atom stereocenters. The van der Waals surface area contributed by atoms with E-state index in [9.17, 15) is 4.79 Å². The smallest absolute Gasteiger partial charge is 0.304 e. The van der Waals surface area contributed by atoms with Crippen molar-refractivity contribution in [3.05, 3.63) is 24.0 Å². The first-order valence-corrected chi connectivity index (χ1v) is 5.29. The van der Waals surface area contributed by atoms with Crippen LogP contribution in [0.15, 0.2) is 18.3 Å². The molecule has 0 amide bonds. The number of carboxylic acid groups (broad SMARTS) is 1. The van der Waals surface area contributed by atoms with Gasteiger partial charge in [-0.3, -0.25) is 9.69 Å². The summed E-state index contributed by atoms with van der Waals surface area (Å²) < 4.78 is 2.24. The van der Waals surface area contributed by atoms with E-state index in [1.807, 2.05) is 6.07 Å². The molecule has 1 aromatic rings. The van der Waals surface area contributed by atoms with Crippen molar-refractivity contribution in [1.82, 2.24) is 9.47 Å². The molecule has 2 heterocycles. The number of hydrogen-bond acceptors (Lipinski definition) is 2. The fraction of sp³-hybridized carbons (Fsp3) is 0.545. The monoisotopic (exact) mass is 208 g/mol. The molecule has 1 aromatic heterocycles. The van der Waals surface area contributed by atoms with E-state index < -0.39 is 5.97 Å². The van der Waals surface area contributed by atoms with E-state index in [-0.39, 0.29) is 6.42 Å². The molecule has 0 aromatic carbocycles. The van der Waals surface area contributed by atoms with Gasteiger partial charge in [0.2, 0.25) is 0 Å². The Morgan fingerprint density at radius 1 is 1.60 bits per heavy atom. The molecule has 82 valence electrons. The van der Waals surface area contributed by atoms with Crippen molar-refractivity contribution in [3.63, 3.8) is 0 Å². The predicted molar refractivity (Wildman–Crippen MR) is 56.7 cm³/mol. The number of carbonyl (C=O) groups is 1. The Balaban J connectivity index is 2.03. The van der Waals surface area contributed by atoms with Gasteiger partial charge in [0.15, 0.2) is 0 Å². The topological polar surface area (TPSA) is 45.5 Å². The molecular weight excluding hydrogens is 192 g/mol. The Morgan fingerprint density at radius 3 is 3.13 bits per heavy atom. The van der Waals surface area contributed by atoms with Crippen LogP contribution in [-0.4, -0.2) is 33.6 Å². The number of fused-ring (bicyclic) bond motifs is 1. The first-order valence-electron chi connectivity index (χ1n) is 5.29. The Kier molecular flexibility index (Phi) is 2.77. The van der Waals surface area contributed by atoms with Crippen molar-refractivity contribution in [3.8, 4) is 0 Å². The SMILES string of the molecule is CC1c2cccn2CCN1CCC(=O)O. The molecule has 15 heavy (non-hydrogen) atoms. The minimum Gasteiger partial charge on any atom is -0.481 e. The minimum atomic E-state index is -0.719. The fourth-order valence-corrected chi connectivity index (χ4v) is 2.17. The molecule has 4 nitrogen and oxygen atoms in total. The fourth-order valence-electron chi connectivity index (χ4n) is 2.17. The van der Waals surface area contributed by atoms with Crippen molar-refractivity contribution in [1.29, 1.82) is 0 Å². The zero-order valence-electron chi connectivity index (χ0n) is 8.89. The van der Waals surface area contributed by atoms with Crippen LogP contribution in [0.2, 0.25) is 0 Å². The lowest BCUT2D eigenvalue weighted by Crippen LogP contribution is -2.37. The van der Waals surface area contributed by atoms with E-state index in [2.05, 4.69) is 28.7 Å². The van der Waals surface area contributed by atoms with Crippen LogP contribution in [0, 0.1) is 0 Å². The molecule has 0 saturated carbocycles. The van der Waals surface area contributed by atoms with E-state index in [4.69, 9.17) is 5.11 Å². The second-order valence-corrected chi connectivity index (χ2v) is 3.98. The van der Waals surface area contributed by atoms with Gasteiger partial charge in [0.1, 0.15) is 0 Å². The van der Waals surface area contributed by atoms with Crippen LogP contribution in [0.4, 0.5) is 0 Å². The van der Waals surface area contributed by atoms with Crippen molar-refractivity contribution in [2.24, 2.45) is 0 Å². The highest BCUT2D eigenvalue weighted by Gasteiger charge is 2.23. The number of rotatable bonds is 3. The highest BCUT2D eigenvalue weighted by molar-refractivity contribution is 5.66. The molecular formula is C11H16N2O2. The van der Waals surface area contributed by atoms with Gasteiger partial charge in [-0.25, -0.2) is 0 Å². The summed E-state index contributed by atoms with van der Waals surface area (Å²) in [6.45, 7) is 4.68. The van der Waals surface area contributed by atoms with E-state index in [0.29, 0.717) is 12.6 Å². The molecule has 0 aliphatic carbocycles. The molecule has 2 rings (SSSR count). The van der Waals surface area contributed by atoms with Crippen LogP contribution in [0.3, 0.4) is 0 Å². The Bertz CT molecular complexity index is 359. The second kappa shape index (κ2) is 4.06. The Hall–Kier alpha value is -1.29. The van der Waals surface area contributed by atoms with Crippen LogP contribution < -0.4 is 0 Å². The van der Waals surface area contributed by atoms with Crippen LogP contribution in [0.5, 0.6) is 0 Å². The van der Waals surface area contributed by atoms with Gasteiger partial charge in [0, 0.05) is 37.6 Å². The first kappa shape index (κ1) is 10.2. The third kappa shape index (κ3) is 2.04. The number of nitrogens with zero attached hydrogens (tertiary/aromatic N) is 2. The van der Waals surface area contributed by atoms with Gasteiger partial charge in [-0.2, -0.15) is 0 Å². The van der Waals surface area contributed by atoms with Gasteiger partial charge >= 0.3 is 5.97 Å². The van der Waals surface area contributed by atoms with Gasteiger partial charge in [-0.1, -0.05) is 0 Å². The average molecular weight is 208 g/mol. The summed E-state index contributed by atoms with van der Waals surface area (Å²) in [6.07, 6.45) is 2.31. The standard InChI is InChI=1S/C11H16N2O2/c1-9-10-3-2-5-13(10)8-7-12(9)6-4-11(14)15/h2-3,5,9H,4,6-8H2,1H3,(H,14,15). The van der Waals surface area contributed by atoms with Gasteiger partial charge in [0.05, 0.1) is 6.42 Å². The Morgan fingerprint density at radius 2 is 2.40 bits per heavy atom. The summed E-state index contributed by atoms with van der Waals surface area (Å²) in [5.41, 5.74) is 1.28. The summed E-state index contributed by atoms with van der Waals surface area (Å²) in [5, 5.41) is 8.65. The third-order valence-corrected chi connectivity index (χ3v) is 3.08. The van der Waals surface area contributed by atoms with E-state index >= 15 is 0 Å². The lowest BCUT2D eigenvalue weighted by Gasteiger charge is -2.34. The normalized spacial score (nSPS) is 21.3. The van der Waals surface area contributed by atoms with Crippen molar-refractivity contribution in [2.45, 2.75) is 25.9 Å². The molecule has 1 aliphatic heterocycles. The number of carboxylic acids is 1. The summed E-state index contributed by atoms with van der Waals surface area (Å²) in [5.74, 6) is -0.719. The Labute approximate surface area is 89.1 Å². The molecule has 0 spiro atoms. The maximum Gasteiger partial charge on any atom is 0.304 e. The molecule has 1 aliphatic rings. The predicted octanol–water partition coefficient (Wildman–Crippen LogP) is 1.34. The summed E-state index contributed by atoms with van der Waals surface area (Å²) >= 11 is 0. The zero-order valence-corrected chi connectivity index (χ0v) is 8.89. The van der Waals surface area contributed by atoms with Crippen LogP contribution >= 0.6 is 0 Å². The highest BCUT2D eigenvalue weighted by atomic mass is 16.4. The molecule has 0 fully saturated rings. The summed E-state index contributed by atoms with van der Waals surface area (Å²) in [6, 6.07) is 4.48. The van der Waals surface area contributed by atoms with Crippen molar-refractivity contribution in [2.75, 3.05) is 13.1 Å². The second-order valence-electron chi connectivity index (χ2n) is 3.98. The van der Waals surface area contributed by atoms with E-state index in [1.54, 1.807) is 0 Å². The van der Waals surface area contributed by atoms with Gasteiger partial charge < -0.3 is 9.67 Å². The zero-order chi connectivity index (χ0) is 10.8. The van der Waals surface area contributed by atoms with E-state index in [0.717, 1.165) is 13.1 Å². The van der Waals surface area contributed by atoms with Gasteiger partial charge in [-0.15, -0.1) is 0 Å². The van der Waals surface area contributed by atoms with Crippen LogP contribution in [0.1, 0.15) is 25.1 Å². The van der Waals surface area contributed by atoms with Crippen LogP contribution in [0.25, 0.3) is 0 Å². The maximum absolute atomic E-state index is 10.5. The quantitative estimate of drug-likeness (QED) is 0.815. The number of hydrogen-bond donors (Lipinski definition) is 1. The third-order valence-electron chi connectivity index (χ3n) is 3.08. The summed E-state index contributed by atoms with van der Waals surface area (Å²) in [7, 11) is 0. The lowest BCUT2D eigenvalue weighted by molar-refractivity contribution is -0.137. The maximum atomic E-state index is 10.5. The van der Waals surface area contributed by atoms with Gasteiger partial charge in [-0.05, 0) is 19.1 Å². The largest absolute Gasteiger partial charge is 0.481 e. The molecule has 1 unspecified atom stereocenters. The lowest BCUT2D eigenvalue weighted by atomic mass is 10.1. The number of aromatic nitrogens is 1. The summed E-state index contributed by atoms with van der Waals surface area (Å²) in [4.78, 5) is 12.7. The molecule has 1 N–H and O–H groups in total. The van der Waals surface area contributed by atoms with Crippen molar-refractivity contribution >= 4 is 5.97 Å². The molecule has 4 heteroatoms. The van der Waals surface area contributed by atoms with Crippen LogP contribution in [-0.2, 0) is 11.3 Å². The molecule has 0 saturated heterocycles. The molecule has 0 radical (unpaired) electrons. The highest BCUT2D eigenvalue weighted by Crippen LogP contribution is 2.24. The molecule has 0 bridgehead atoms. The average Bonchev–Trinajstić information content (AvgIpc) is 2.65. The first-order chi connectivity index (χ1) is 7.18. The van der Waals surface area contributed by atoms with Crippen molar-refractivity contribution < 1.29 is 9.90 Å². The van der Waals surface area contributed by atoms with Gasteiger partial charge in [0.25, 0.3) is 0 Å². The van der Waals surface area contributed by atoms with E-state index in [1.165, 1.54) is 5.69 Å². The number of aliphatic carboxylic acids is 1. The minimum absolute atomic E-state index is 0.227.